The number of nitrogens with zero attached hydrogens (tertiary/aromatic N) is 2. The molecule has 1 N–H and O–H groups in total. The third-order valence-corrected chi connectivity index (χ3v) is 2.51. The van der Waals surface area contributed by atoms with Crippen molar-refractivity contribution in [2.45, 2.75) is 13.0 Å². The molecule has 18 heavy (non-hydrogen) atoms. The van der Waals surface area contributed by atoms with E-state index in [0.717, 1.165) is 17.1 Å². The monoisotopic (exact) mass is 243 g/mol. The molecule has 0 amide bonds. The van der Waals surface area contributed by atoms with E-state index in [1.165, 1.54) is 0 Å². The molecule has 2 aromatic rings. The van der Waals surface area contributed by atoms with E-state index in [1.807, 2.05) is 30.3 Å². The van der Waals surface area contributed by atoms with Gasteiger partial charge < -0.3 is 10.1 Å². The Kier molecular flexibility index (Phi) is 4.25. The quantitative estimate of drug-likeness (QED) is 0.876. The smallest absolute Gasteiger partial charge is 0.159 e. The number of rotatable bonds is 5. The fourth-order valence-corrected chi connectivity index (χ4v) is 1.72. The largest absolute Gasteiger partial charge is 0.383 e. The summed E-state index contributed by atoms with van der Waals surface area (Å²) < 4.78 is 5.07. The Bertz CT molecular complexity index is 470. The molecule has 1 aromatic heterocycles. The average molecular weight is 243 g/mol. The zero-order valence-electron chi connectivity index (χ0n) is 10.6. The van der Waals surface area contributed by atoms with Gasteiger partial charge in [-0.25, -0.2) is 9.97 Å². The molecule has 0 fully saturated rings. The lowest BCUT2D eigenvalue weighted by atomic mass is 10.2. The summed E-state index contributed by atoms with van der Waals surface area (Å²) >= 11 is 0. The molecule has 1 atom stereocenters. The van der Waals surface area contributed by atoms with Crippen molar-refractivity contribution in [3.05, 3.63) is 42.7 Å². The molecule has 0 aliphatic heterocycles. The molecule has 94 valence electrons. The van der Waals surface area contributed by atoms with E-state index < -0.39 is 0 Å². The average Bonchev–Trinajstić information content (AvgIpc) is 2.41. The van der Waals surface area contributed by atoms with Gasteiger partial charge in [0.15, 0.2) is 5.82 Å². The predicted molar refractivity (Wildman–Crippen MR) is 72.4 cm³/mol. The summed E-state index contributed by atoms with van der Waals surface area (Å²) in [6.45, 7) is 2.70. The number of aromatic nitrogens is 2. The summed E-state index contributed by atoms with van der Waals surface area (Å²) in [4.78, 5) is 8.70. The molecular weight excluding hydrogens is 226 g/mol. The molecule has 0 spiro atoms. The molecule has 0 bridgehead atoms. The van der Waals surface area contributed by atoms with E-state index in [0.29, 0.717) is 6.61 Å². The normalized spacial score (nSPS) is 12.1. The van der Waals surface area contributed by atoms with Crippen molar-refractivity contribution in [2.24, 2.45) is 0 Å². The maximum absolute atomic E-state index is 5.07. The van der Waals surface area contributed by atoms with Crippen molar-refractivity contribution >= 4 is 5.69 Å². The topological polar surface area (TPSA) is 47.0 Å². The van der Waals surface area contributed by atoms with E-state index in [4.69, 9.17) is 4.74 Å². The van der Waals surface area contributed by atoms with Crippen LogP contribution in [0.3, 0.4) is 0 Å². The molecule has 0 radical (unpaired) electrons. The highest BCUT2D eigenvalue weighted by Crippen LogP contribution is 2.15. The highest BCUT2D eigenvalue weighted by atomic mass is 16.5. The van der Waals surface area contributed by atoms with Crippen LogP contribution in [0, 0.1) is 0 Å². The molecule has 4 heteroatoms. The molecule has 1 unspecified atom stereocenters. The molecule has 4 nitrogen and oxygen atoms in total. The van der Waals surface area contributed by atoms with Crippen molar-refractivity contribution < 1.29 is 4.74 Å². The molecular formula is C14H17N3O. The third kappa shape index (κ3) is 3.28. The summed E-state index contributed by atoms with van der Waals surface area (Å²) in [7, 11) is 1.69. The summed E-state index contributed by atoms with van der Waals surface area (Å²) in [5, 5.41) is 3.27. The Labute approximate surface area is 107 Å². The van der Waals surface area contributed by atoms with Crippen molar-refractivity contribution in [1.29, 1.82) is 0 Å². The summed E-state index contributed by atoms with van der Waals surface area (Å²) in [6, 6.07) is 10.2. The summed E-state index contributed by atoms with van der Waals surface area (Å²) in [5.41, 5.74) is 1.92. The first-order valence-corrected chi connectivity index (χ1v) is 5.92. The van der Waals surface area contributed by atoms with Crippen LogP contribution < -0.4 is 5.32 Å². The van der Waals surface area contributed by atoms with Crippen LogP contribution in [-0.4, -0.2) is 29.7 Å². The number of hydrogen-bond donors (Lipinski definition) is 1. The summed E-state index contributed by atoms with van der Waals surface area (Å²) in [5.74, 6) is 0.737. The van der Waals surface area contributed by atoms with Crippen LogP contribution in [0.1, 0.15) is 6.92 Å². The SMILES string of the molecule is COCC(C)Nc1cnc(-c2ccccc2)nc1. The number of nitrogens with one attached hydrogen (secondary N) is 1. The Morgan fingerprint density at radius 1 is 1.17 bits per heavy atom. The highest BCUT2D eigenvalue weighted by molar-refractivity contribution is 5.55. The molecule has 0 saturated carbocycles. The summed E-state index contributed by atoms with van der Waals surface area (Å²) in [6.07, 6.45) is 3.59. The van der Waals surface area contributed by atoms with Crippen LogP contribution >= 0.6 is 0 Å². The van der Waals surface area contributed by atoms with Gasteiger partial charge in [0.2, 0.25) is 0 Å². The Hall–Kier alpha value is -1.94. The van der Waals surface area contributed by atoms with Gasteiger partial charge in [0.25, 0.3) is 0 Å². The lowest BCUT2D eigenvalue weighted by Gasteiger charge is -2.13. The van der Waals surface area contributed by atoms with E-state index in [9.17, 15) is 0 Å². The van der Waals surface area contributed by atoms with E-state index in [-0.39, 0.29) is 6.04 Å². The van der Waals surface area contributed by atoms with Gasteiger partial charge in [-0.1, -0.05) is 30.3 Å². The molecule has 0 aliphatic carbocycles. The number of benzene rings is 1. The fourth-order valence-electron chi connectivity index (χ4n) is 1.72. The third-order valence-electron chi connectivity index (χ3n) is 2.51. The lowest BCUT2D eigenvalue weighted by Crippen LogP contribution is -2.20. The van der Waals surface area contributed by atoms with Gasteiger partial charge in [-0.2, -0.15) is 0 Å². The maximum atomic E-state index is 5.07. The van der Waals surface area contributed by atoms with Crippen molar-refractivity contribution in [1.82, 2.24) is 9.97 Å². The second kappa shape index (κ2) is 6.12. The van der Waals surface area contributed by atoms with Crippen molar-refractivity contribution in [2.75, 3.05) is 19.0 Å². The van der Waals surface area contributed by atoms with Gasteiger partial charge in [0, 0.05) is 18.7 Å². The molecule has 1 aromatic carbocycles. The van der Waals surface area contributed by atoms with Crippen LogP contribution in [0.25, 0.3) is 11.4 Å². The molecule has 0 aliphatic rings. The van der Waals surface area contributed by atoms with E-state index in [2.05, 4.69) is 22.2 Å². The van der Waals surface area contributed by atoms with Crippen LogP contribution in [0.15, 0.2) is 42.7 Å². The van der Waals surface area contributed by atoms with Gasteiger partial charge in [-0.3, -0.25) is 0 Å². The van der Waals surface area contributed by atoms with Gasteiger partial charge in [-0.05, 0) is 6.92 Å². The molecule has 0 saturated heterocycles. The predicted octanol–water partition coefficient (Wildman–Crippen LogP) is 2.59. The van der Waals surface area contributed by atoms with Crippen molar-refractivity contribution in [3.8, 4) is 11.4 Å². The Morgan fingerprint density at radius 3 is 2.44 bits per heavy atom. The maximum Gasteiger partial charge on any atom is 0.159 e. The molecule has 1 heterocycles. The number of methoxy groups -OCH3 is 1. The first-order valence-electron chi connectivity index (χ1n) is 5.92. The van der Waals surface area contributed by atoms with Gasteiger partial charge in [0.1, 0.15) is 0 Å². The van der Waals surface area contributed by atoms with Crippen LogP contribution in [0.2, 0.25) is 0 Å². The first kappa shape index (κ1) is 12.5. The zero-order chi connectivity index (χ0) is 12.8. The Morgan fingerprint density at radius 2 is 1.83 bits per heavy atom. The second-order valence-electron chi connectivity index (χ2n) is 4.16. The number of hydrogen-bond acceptors (Lipinski definition) is 4. The lowest BCUT2D eigenvalue weighted by molar-refractivity contribution is 0.190. The van der Waals surface area contributed by atoms with Crippen molar-refractivity contribution in [3.63, 3.8) is 0 Å². The second-order valence-corrected chi connectivity index (χ2v) is 4.16. The van der Waals surface area contributed by atoms with Crippen LogP contribution in [-0.2, 0) is 4.74 Å². The fraction of sp³-hybridized carbons (Fsp3) is 0.286. The standard InChI is InChI=1S/C14H17N3O/c1-11(10-18-2)17-13-8-15-14(16-9-13)12-6-4-3-5-7-12/h3-9,11,17H,10H2,1-2H3. The number of anilines is 1. The van der Waals surface area contributed by atoms with Gasteiger partial charge in [-0.15, -0.1) is 0 Å². The zero-order valence-corrected chi connectivity index (χ0v) is 10.6. The first-order chi connectivity index (χ1) is 8.79. The van der Waals surface area contributed by atoms with Gasteiger partial charge in [0.05, 0.1) is 24.7 Å². The van der Waals surface area contributed by atoms with E-state index in [1.54, 1.807) is 19.5 Å². The number of ether oxygens (including phenoxy) is 1. The minimum absolute atomic E-state index is 0.237. The van der Waals surface area contributed by atoms with Gasteiger partial charge >= 0.3 is 0 Å². The van der Waals surface area contributed by atoms with E-state index >= 15 is 0 Å². The minimum atomic E-state index is 0.237. The highest BCUT2D eigenvalue weighted by Gasteiger charge is 2.03. The van der Waals surface area contributed by atoms with Crippen LogP contribution in [0.5, 0.6) is 0 Å². The van der Waals surface area contributed by atoms with Crippen LogP contribution in [0.4, 0.5) is 5.69 Å². The molecule has 2 rings (SSSR count). The Balaban J connectivity index is 2.06. The minimum Gasteiger partial charge on any atom is -0.383 e.